The number of hydrogen-bond acceptors (Lipinski definition) is 4. The second-order valence-corrected chi connectivity index (χ2v) is 7.02. The van der Waals surface area contributed by atoms with E-state index >= 15 is 0 Å². The largest absolute Gasteiger partial charge is 0.459 e. The average molecular weight is 347 g/mol. The molecule has 6 nitrogen and oxygen atoms in total. The van der Waals surface area contributed by atoms with Gasteiger partial charge in [0, 0.05) is 26.2 Å². The highest BCUT2D eigenvalue weighted by atomic mass is 16.5. The first-order valence-corrected chi connectivity index (χ1v) is 8.90. The van der Waals surface area contributed by atoms with Gasteiger partial charge in [-0.15, -0.1) is 0 Å². The molecule has 1 fully saturated rings. The maximum atomic E-state index is 12.5. The zero-order valence-electron chi connectivity index (χ0n) is 15.4. The highest BCUT2D eigenvalue weighted by Gasteiger charge is 2.27. The molecule has 0 bridgehead atoms. The predicted octanol–water partition coefficient (Wildman–Crippen LogP) is 2.10. The average Bonchev–Trinajstić information content (AvgIpc) is 2.60. The molecule has 2 rings (SSSR count). The van der Waals surface area contributed by atoms with Crippen LogP contribution >= 0.6 is 0 Å². The number of carbonyl (C=O) groups is 2. The van der Waals surface area contributed by atoms with Gasteiger partial charge in [-0.3, -0.25) is 0 Å². The maximum absolute atomic E-state index is 12.5. The molecule has 1 aromatic rings. The van der Waals surface area contributed by atoms with Crippen LogP contribution in [-0.4, -0.2) is 61.1 Å². The summed E-state index contributed by atoms with van der Waals surface area (Å²) in [5, 5.41) is 2.86. The van der Waals surface area contributed by atoms with Crippen LogP contribution in [0.5, 0.6) is 0 Å². The van der Waals surface area contributed by atoms with Crippen molar-refractivity contribution in [3.05, 3.63) is 35.9 Å². The zero-order valence-corrected chi connectivity index (χ0v) is 15.4. The molecule has 0 unspecified atom stereocenters. The van der Waals surface area contributed by atoms with Crippen LogP contribution in [0.4, 0.5) is 4.79 Å². The molecular formula is C19H29N3O3. The van der Waals surface area contributed by atoms with Crippen LogP contribution in [0.2, 0.25) is 0 Å². The Balaban J connectivity index is 1.90. The number of urea groups is 1. The van der Waals surface area contributed by atoms with Gasteiger partial charge in [-0.05, 0) is 24.9 Å². The molecule has 1 heterocycles. The van der Waals surface area contributed by atoms with Gasteiger partial charge in [-0.2, -0.15) is 0 Å². The third kappa shape index (κ3) is 6.38. The molecule has 1 saturated heterocycles. The summed E-state index contributed by atoms with van der Waals surface area (Å²) < 4.78 is 5.42. The Kier molecular flexibility index (Phi) is 7.25. The molecule has 2 amide bonds. The summed E-state index contributed by atoms with van der Waals surface area (Å²) in [6.07, 6.45) is 0.563. The lowest BCUT2D eigenvalue weighted by Crippen LogP contribution is -2.54. The van der Waals surface area contributed by atoms with E-state index in [1.54, 1.807) is 4.90 Å². The molecule has 0 saturated carbocycles. The quantitative estimate of drug-likeness (QED) is 0.801. The fourth-order valence-corrected chi connectivity index (χ4v) is 2.76. The van der Waals surface area contributed by atoms with Gasteiger partial charge in [0.1, 0.15) is 12.6 Å². The van der Waals surface area contributed by atoms with Gasteiger partial charge in [0.05, 0.1) is 0 Å². The SMILES string of the molecule is CC(C)C[C@H](NC(=O)N1CCN(C)CC1)C(=O)OCc1ccccc1. The summed E-state index contributed by atoms with van der Waals surface area (Å²) in [7, 11) is 2.04. The molecule has 138 valence electrons. The summed E-state index contributed by atoms with van der Waals surface area (Å²) in [4.78, 5) is 28.9. The Bertz CT molecular complexity index is 554. The Morgan fingerprint density at radius 3 is 2.36 bits per heavy atom. The number of ether oxygens (including phenoxy) is 1. The number of nitrogens with one attached hydrogen (secondary N) is 1. The van der Waals surface area contributed by atoms with Crippen molar-refractivity contribution >= 4 is 12.0 Å². The van der Waals surface area contributed by atoms with E-state index in [4.69, 9.17) is 4.74 Å². The van der Waals surface area contributed by atoms with Gasteiger partial charge in [0.2, 0.25) is 0 Å². The highest BCUT2D eigenvalue weighted by Crippen LogP contribution is 2.10. The van der Waals surface area contributed by atoms with Crippen LogP contribution in [0.15, 0.2) is 30.3 Å². The summed E-state index contributed by atoms with van der Waals surface area (Å²) in [6, 6.07) is 8.75. The zero-order chi connectivity index (χ0) is 18.2. The van der Waals surface area contributed by atoms with Crippen LogP contribution < -0.4 is 5.32 Å². The van der Waals surface area contributed by atoms with E-state index in [2.05, 4.69) is 10.2 Å². The third-order valence-electron chi connectivity index (χ3n) is 4.30. The van der Waals surface area contributed by atoms with Crippen molar-refractivity contribution in [2.24, 2.45) is 5.92 Å². The van der Waals surface area contributed by atoms with E-state index in [9.17, 15) is 9.59 Å². The van der Waals surface area contributed by atoms with Crippen LogP contribution in [0.1, 0.15) is 25.8 Å². The second-order valence-electron chi connectivity index (χ2n) is 7.02. The first kappa shape index (κ1) is 19.2. The smallest absolute Gasteiger partial charge is 0.329 e. The van der Waals surface area contributed by atoms with Crippen molar-refractivity contribution in [2.45, 2.75) is 32.9 Å². The van der Waals surface area contributed by atoms with Crippen LogP contribution in [0, 0.1) is 5.92 Å². The molecular weight excluding hydrogens is 318 g/mol. The van der Waals surface area contributed by atoms with E-state index < -0.39 is 6.04 Å². The number of benzene rings is 1. The van der Waals surface area contributed by atoms with Crippen molar-refractivity contribution in [1.82, 2.24) is 15.1 Å². The number of carbonyl (C=O) groups excluding carboxylic acids is 2. The third-order valence-corrected chi connectivity index (χ3v) is 4.30. The minimum absolute atomic E-state index is 0.185. The van der Waals surface area contributed by atoms with E-state index in [0.717, 1.165) is 18.7 Å². The van der Waals surface area contributed by atoms with Crippen molar-refractivity contribution < 1.29 is 14.3 Å². The van der Waals surface area contributed by atoms with Crippen molar-refractivity contribution in [3.63, 3.8) is 0 Å². The Labute approximate surface area is 150 Å². The van der Waals surface area contributed by atoms with E-state index in [-0.39, 0.29) is 24.5 Å². The second kappa shape index (κ2) is 9.42. The molecule has 1 atom stereocenters. The van der Waals surface area contributed by atoms with E-state index in [1.807, 2.05) is 51.2 Å². The number of esters is 1. The standard InChI is InChI=1S/C19H29N3O3/c1-15(2)13-17(18(23)25-14-16-7-5-4-6-8-16)20-19(24)22-11-9-21(3)10-12-22/h4-8,15,17H,9-14H2,1-3H3,(H,20,24)/t17-/m0/s1. The number of amides is 2. The molecule has 0 spiro atoms. The van der Waals surface area contributed by atoms with Gasteiger partial charge in [0.15, 0.2) is 0 Å². The fourth-order valence-electron chi connectivity index (χ4n) is 2.76. The van der Waals surface area contributed by atoms with Gasteiger partial charge in [-0.1, -0.05) is 44.2 Å². The van der Waals surface area contributed by atoms with Gasteiger partial charge in [0.25, 0.3) is 0 Å². The van der Waals surface area contributed by atoms with Gasteiger partial charge >= 0.3 is 12.0 Å². The lowest BCUT2D eigenvalue weighted by Gasteiger charge is -2.33. The van der Waals surface area contributed by atoms with Crippen molar-refractivity contribution in [1.29, 1.82) is 0 Å². The van der Waals surface area contributed by atoms with Crippen LogP contribution in [0.25, 0.3) is 0 Å². The first-order chi connectivity index (χ1) is 12.0. The molecule has 1 aliphatic rings. The van der Waals surface area contributed by atoms with Gasteiger partial charge in [-0.25, -0.2) is 9.59 Å². The molecule has 1 aliphatic heterocycles. The highest BCUT2D eigenvalue weighted by molar-refractivity contribution is 5.83. The minimum Gasteiger partial charge on any atom is -0.459 e. The number of hydrogen-bond donors (Lipinski definition) is 1. The summed E-state index contributed by atoms with van der Waals surface area (Å²) >= 11 is 0. The Hall–Kier alpha value is -2.08. The summed E-state index contributed by atoms with van der Waals surface area (Å²) in [6.45, 7) is 7.32. The monoisotopic (exact) mass is 347 g/mol. The Morgan fingerprint density at radius 1 is 1.12 bits per heavy atom. The van der Waals surface area contributed by atoms with Crippen LogP contribution in [0.3, 0.4) is 0 Å². The van der Waals surface area contributed by atoms with Crippen LogP contribution in [-0.2, 0) is 16.1 Å². The number of likely N-dealkylation sites (N-methyl/N-ethyl adjacent to an activating group) is 1. The molecule has 0 aromatic heterocycles. The molecule has 1 aromatic carbocycles. The summed E-state index contributed by atoms with van der Waals surface area (Å²) in [5.74, 6) is -0.0953. The first-order valence-electron chi connectivity index (χ1n) is 8.90. The number of rotatable bonds is 6. The van der Waals surface area contributed by atoms with Gasteiger partial charge < -0.3 is 19.9 Å². The normalized spacial score (nSPS) is 16.6. The minimum atomic E-state index is -0.615. The molecule has 0 aliphatic carbocycles. The van der Waals surface area contributed by atoms with E-state index in [0.29, 0.717) is 19.5 Å². The maximum Gasteiger partial charge on any atom is 0.329 e. The molecule has 1 N–H and O–H groups in total. The molecule has 25 heavy (non-hydrogen) atoms. The Morgan fingerprint density at radius 2 is 1.76 bits per heavy atom. The molecule has 6 heteroatoms. The van der Waals surface area contributed by atoms with Crippen molar-refractivity contribution in [2.75, 3.05) is 33.2 Å². The summed E-state index contributed by atoms with van der Waals surface area (Å²) in [5.41, 5.74) is 0.935. The number of piperazine rings is 1. The fraction of sp³-hybridized carbons (Fsp3) is 0.579. The lowest BCUT2D eigenvalue weighted by atomic mass is 10.0. The number of nitrogens with zero attached hydrogens (tertiary/aromatic N) is 2. The molecule has 0 radical (unpaired) electrons. The lowest BCUT2D eigenvalue weighted by molar-refractivity contribution is -0.147. The van der Waals surface area contributed by atoms with Crippen molar-refractivity contribution in [3.8, 4) is 0 Å². The topological polar surface area (TPSA) is 61.9 Å². The predicted molar refractivity (Wildman–Crippen MR) is 97.1 cm³/mol. The van der Waals surface area contributed by atoms with E-state index in [1.165, 1.54) is 0 Å².